The van der Waals surface area contributed by atoms with Crippen LogP contribution in [0, 0.1) is 10.1 Å². The number of aryl methyl sites for hydroxylation is 1. The number of carbonyl (C=O) groups is 1. The topological polar surface area (TPSA) is 95.5 Å². The minimum absolute atomic E-state index is 0.000334. The number of nitro groups is 1. The van der Waals surface area contributed by atoms with Crippen LogP contribution in [0.5, 0.6) is 0 Å². The maximum Gasteiger partial charge on any atom is 0.323 e. The second-order valence-corrected chi connectivity index (χ2v) is 5.16. The Labute approximate surface area is 134 Å². The predicted molar refractivity (Wildman–Crippen MR) is 85.6 cm³/mol. The van der Waals surface area contributed by atoms with Crippen LogP contribution in [0.3, 0.4) is 0 Å². The lowest BCUT2D eigenvalue weighted by Crippen LogP contribution is -2.32. The largest absolute Gasteiger partial charge is 0.460 e. The average molecular weight is 314 g/mol. The van der Waals surface area contributed by atoms with Crippen molar-refractivity contribution < 1.29 is 14.5 Å². The van der Waals surface area contributed by atoms with Crippen molar-refractivity contribution in [1.82, 2.24) is 0 Å². The number of benzene rings is 2. The van der Waals surface area contributed by atoms with Gasteiger partial charge in [-0.2, -0.15) is 0 Å². The first-order valence-corrected chi connectivity index (χ1v) is 7.26. The van der Waals surface area contributed by atoms with Crippen LogP contribution >= 0.6 is 0 Å². The van der Waals surface area contributed by atoms with E-state index >= 15 is 0 Å². The van der Waals surface area contributed by atoms with Gasteiger partial charge in [0.2, 0.25) is 0 Å². The van der Waals surface area contributed by atoms with E-state index in [1.165, 1.54) is 12.1 Å². The van der Waals surface area contributed by atoms with Gasteiger partial charge in [-0.15, -0.1) is 0 Å². The Morgan fingerprint density at radius 3 is 2.35 bits per heavy atom. The Balaban J connectivity index is 1.78. The molecule has 0 radical (unpaired) electrons. The first-order valence-electron chi connectivity index (χ1n) is 7.26. The lowest BCUT2D eigenvalue weighted by molar-refractivity contribution is -0.384. The van der Waals surface area contributed by atoms with Crippen molar-refractivity contribution in [3.63, 3.8) is 0 Å². The van der Waals surface area contributed by atoms with Crippen LogP contribution in [0.25, 0.3) is 0 Å². The second-order valence-electron chi connectivity index (χ2n) is 5.16. The molecule has 0 aliphatic rings. The normalized spacial score (nSPS) is 11.7. The summed E-state index contributed by atoms with van der Waals surface area (Å²) in [6.45, 7) is 0.0515. The maximum absolute atomic E-state index is 11.9. The van der Waals surface area contributed by atoms with Crippen LogP contribution in [0.4, 0.5) is 5.69 Å². The third-order valence-electron chi connectivity index (χ3n) is 3.42. The van der Waals surface area contributed by atoms with E-state index in [9.17, 15) is 14.9 Å². The number of non-ortho nitro benzene ring substituents is 1. The molecule has 2 aromatic rings. The minimum atomic E-state index is -0.687. The molecular weight excluding hydrogens is 296 g/mol. The fraction of sp³-hybridized carbons (Fsp3) is 0.235. The highest BCUT2D eigenvalue weighted by Gasteiger charge is 2.15. The van der Waals surface area contributed by atoms with Crippen molar-refractivity contribution in [3.8, 4) is 0 Å². The third kappa shape index (κ3) is 5.19. The number of rotatable bonds is 7. The van der Waals surface area contributed by atoms with Gasteiger partial charge in [0.1, 0.15) is 12.6 Å². The van der Waals surface area contributed by atoms with E-state index in [0.29, 0.717) is 18.4 Å². The highest BCUT2D eigenvalue weighted by atomic mass is 16.6. The Bertz CT molecular complexity index is 656. The summed E-state index contributed by atoms with van der Waals surface area (Å²) in [5.41, 5.74) is 7.63. The van der Waals surface area contributed by atoms with Crippen LogP contribution in [0.2, 0.25) is 0 Å². The number of carbonyl (C=O) groups excluding carboxylic acids is 1. The zero-order valence-corrected chi connectivity index (χ0v) is 12.6. The molecule has 0 saturated heterocycles. The average Bonchev–Trinajstić information content (AvgIpc) is 2.58. The number of ether oxygens (including phenoxy) is 1. The third-order valence-corrected chi connectivity index (χ3v) is 3.42. The Morgan fingerprint density at radius 2 is 1.74 bits per heavy atom. The number of esters is 1. The van der Waals surface area contributed by atoms with Gasteiger partial charge >= 0.3 is 5.97 Å². The van der Waals surface area contributed by atoms with Crippen LogP contribution in [-0.4, -0.2) is 16.9 Å². The van der Waals surface area contributed by atoms with Crippen LogP contribution in [0.1, 0.15) is 17.5 Å². The standard InChI is InChI=1S/C17H18N2O4/c18-16(11-8-13-4-2-1-3-5-13)17(20)23-12-14-6-9-15(10-7-14)19(21)22/h1-7,9-10,16H,8,11-12,18H2/t16-/m0/s1. The molecule has 0 heterocycles. The van der Waals surface area contributed by atoms with Crippen LogP contribution < -0.4 is 5.73 Å². The van der Waals surface area contributed by atoms with E-state index in [1.807, 2.05) is 30.3 Å². The summed E-state index contributed by atoms with van der Waals surface area (Å²) in [4.78, 5) is 21.9. The first kappa shape index (κ1) is 16.6. The van der Waals surface area contributed by atoms with Crippen molar-refractivity contribution in [2.24, 2.45) is 5.73 Å². The quantitative estimate of drug-likeness (QED) is 0.481. The summed E-state index contributed by atoms with van der Waals surface area (Å²) < 4.78 is 5.14. The predicted octanol–water partition coefficient (Wildman–Crippen LogP) is 2.60. The summed E-state index contributed by atoms with van der Waals surface area (Å²) in [5, 5.41) is 10.6. The van der Waals surface area contributed by atoms with Gasteiger partial charge in [-0.3, -0.25) is 14.9 Å². The molecule has 2 N–H and O–H groups in total. The SMILES string of the molecule is N[C@@H](CCc1ccccc1)C(=O)OCc1ccc([N+](=O)[O-])cc1. The summed E-state index contributed by atoms with van der Waals surface area (Å²) in [6, 6.07) is 14.9. The van der Waals surface area contributed by atoms with E-state index in [0.717, 1.165) is 5.56 Å². The van der Waals surface area contributed by atoms with Gasteiger partial charge in [-0.05, 0) is 36.1 Å². The summed E-state index contributed by atoms with van der Waals surface area (Å²) in [6.07, 6.45) is 1.21. The van der Waals surface area contributed by atoms with Crippen molar-refractivity contribution in [2.75, 3.05) is 0 Å². The molecule has 0 spiro atoms. The summed E-state index contributed by atoms with van der Waals surface area (Å²) in [5.74, 6) is -0.473. The first-order chi connectivity index (χ1) is 11.1. The van der Waals surface area contributed by atoms with Crippen LogP contribution in [0.15, 0.2) is 54.6 Å². The fourth-order valence-corrected chi connectivity index (χ4v) is 2.06. The zero-order valence-electron chi connectivity index (χ0n) is 12.6. The lowest BCUT2D eigenvalue weighted by Gasteiger charge is -2.11. The van der Waals surface area contributed by atoms with Crippen molar-refractivity contribution in [1.29, 1.82) is 0 Å². The zero-order chi connectivity index (χ0) is 16.7. The number of nitrogens with zero attached hydrogens (tertiary/aromatic N) is 1. The summed E-state index contributed by atoms with van der Waals surface area (Å²) >= 11 is 0. The van der Waals surface area contributed by atoms with E-state index < -0.39 is 16.9 Å². The molecule has 0 bridgehead atoms. The molecule has 0 saturated carbocycles. The molecule has 0 unspecified atom stereocenters. The van der Waals surface area contributed by atoms with E-state index in [4.69, 9.17) is 10.5 Å². The monoisotopic (exact) mass is 314 g/mol. The Morgan fingerprint density at radius 1 is 1.09 bits per heavy atom. The molecule has 0 aromatic heterocycles. The van der Waals surface area contributed by atoms with E-state index in [1.54, 1.807) is 12.1 Å². The maximum atomic E-state index is 11.9. The number of nitrogens with two attached hydrogens (primary N) is 1. The van der Waals surface area contributed by atoms with Gasteiger partial charge in [0.25, 0.3) is 5.69 Å². The molecule has 0 fully saturated rings. The molecule has 0 aliphatic carbocycles. The smallest absolute Gasteiger partial charge is 0.323 e. The lowest BCUT2D eigenvalue weighted by atomic mass is 10.1. The van der Waals surface area contributed by atoms with E-state index in [2.05, 4.69) is 0 Å². The minimum Gasteiger partial charge on any atom is -0.460 e. The van der Waals surface area contributed by atoms with Gasteiger partial charge in [-0.25, -0.2) is 0 Å². The molecule has 0 aliphatic heterocycles. The summed E-state index contributed by atoms with van der Waals surface area (Å²) in [7, 11) is 0. The van der Waals surface area contributed by atoms with Crippen LogP contribution in [-0.2, 0) is 22.6 Å². The van der Waals surface area contributed by atoms with Crippen molar-refractivity contribution in [3.05, 3.63) is 75.8 Å². The molecule has 6 nitrogen and oxygen atoms in total. The highest BCUT2D eigenvalue weighted by Crippen LogP contribution is 2.13. The van der Waals surface area contributed by atoms with Gasteiger partial charge in [-0.1, -0.05) is 30.3 Å². The molecule has 2 aromatic carbocycles. The molecule has 6 heteroatoms. The van der Waals surface area contributed by atoms with Gasteiger partial charge < -0.3 is 10.5 Å². The van der Waals surface area contributed by atoms with Crippen molar-refractivity contribution >= 4 is 11.7 Å². The molecule has 120 valence electrons. The van der Waals surface area contributed by atoms with Gasteiger partial charge in [0, 0.05) is 12.1 Å². The number of hydrogen-bond donors (Lipinski definition) is 1. The number of nitro benzene ring substituents is 1. The molecule has 1 atom stereocenters. The molecule has 2 rings (SSSR count). The Hall–Kier alpha value is -2.73. The molecule has 23 heavy (non-hydrogen) atoms. The van der Waals surface area contributed by atoms with Gasteiger partial charge in [0.05, 0.1) is 4.92 Å². The number of hydrogen-bond acceptors (Lipinski definition) is 5. The fourth-order valence-electron chi connectivity index (χ4n) is 2.06. The highest BCUT2D eigenvalue weighted by molar-refractivity contribution is 5.75. The Kier molecular flexibility index (Phi) is 5.82. The molecular formula is C17H18N2O4. The second kappa shape index (κ2) is 8.05. The van der Waals surface area contributed by atoms with Gasteiger partial charge in [0.15, 0.2) is 0 Å². The van der Waals surface area contributed by atoms with E-state index in [-0.39, 0.29) is 12.3 Å². The molecule has 0 amide bonds. The van der Waals surface area contributed by atoms with Crippen molar-refractivity contribution in [2.45, 2.75) is 25.5 Å².